The lowest BCUT2D eigenvalue weighted by Gasteiger charge is -2.34. The Morgan fingerprint density at radius 2 is 1.88 bits per heavy atom. The summed E-state index contributed by atoms with van der Waals surface area (Å²) in [5.41, 5.74) is 0. The predicted octanol–water partition coefficient (Wildman–Crippen LogP) is 2.39. The van der Waals surface area contributed by atoms with Crippen LogP contribution in [0.2, 0.25) is 0 Å². The van der Waals surface area contributed by atoms with Gasteiger partial charge in [0.25, 0.3) is 0 Å². The Labute approximate surface area is 143 Å². The Bertz CT molecular complexity index is 676. The molecule has 1 aromatic carbocycles. The van der Waals surface area contributed by atoms with Gasteiger partial charge in [-0.3, -0.25) is 4.79 Å². The number of carbonyl (C=O) groups is 1. The first-order valence-electron chi connectivity index (χ1n) is 8.23. The number of carbonyl (C=O) groups excluding carboxylic acids is 1. The molecule has 134 valence electrons. The summed E-state index contributed by atoms with van der Waals surface area (Å²) in [6.07, 6.45) is 3.15. The van der Waals surface area contributed by atoms with E-state index in [0.717, 1.165) is 35.7 Å². The molecule has 0 saturated heterocycles. The summed E-state index contributed by atoms with van der Waals surface area (Å²) >= 11 is 0. The topological polar surface area (TPSA) is 66.5 Å². The van der Waals surface area contributed by atoms with Gasteiger partial charge in [-0.1, -0.05) is 26.7 Å². The van der Waals surface area contributed by atoms with E-state index in [0.29, 0.717) is 11.8 Å². The summed E-state index contributed by atoms with van der Waals surface area (Å²) < 4.78 is 38.8. The summed E-state index contributed by atoms with van der Waals surface area (Å²) in [4.78, 5) is 12.2. The fourth-order valence-electron chi connectivity index (χ4n) is 3.11. The molecule has 3 atom stereocenters. The first-order chi connectivity index (χ1) is 11.2. The number of likely N-dealkylation sites (N-methyl/N-ethyl adjacent to an activating group) is 1. The molecule has 0 aliphatic heterocycles. The van der Waals surface area contributed by atoms with Crippen molar-refractivity contribution in [2.75, 3.05) is 13.6 Å². The number of amides is 1. The summed E-state index contributed by atoms with van der Waals surface area (Å²) in [5.74, 6) is 0.107. The van der Waals surface area contributed by atoms with E-state index >= 15 is 0 Å². The summed E-state index contributed by atoms with van der Waals surface area (Å²) in [6, 6.07) is 4.66. The molecule has 1 saturated carbocycles. The third kappa shape index (κ3) is 4.33. The minimum Gasteiger partial charge on any atom is -0.352 e. The van der Waals surface area contributed by atoms with Gasteiger partial charge in [0.15, 0.2) is 0 Å². The van der Waals surface area contributed by atoms with Crippen LogP contribution in [0.25, 0.3) is 0 Å². The van der Waals surface area contributed by atoms with Gasteiger partial charge in [0.1, 0.15) is 5.82 Å². The van der Waals surface area contributed by atoms with Gasteiger partial charge in [0.05, 0.1) is 11.4 Å². The average Bonchev–Trinajstić information content (AvgIpc) is 2.52. The van der Waals surface area contributed by atoms with Crippen LogP contribution in [0.4, 0.5) is 4.39 Å². The van der Waals surface area contributed by atoms with E-state index in [9.17, 15) is 17.6 Å². The van der Waals surface area contributed by atoms with E-state index in [2.05, 4.69) is 19.2 Å². The van der Waals surface area contributed by atoms with E-state index in [1.54, 1.807) is 0 Å². The maximum Gasteiger partial charge on any atom is 0.243 e. The van der Waals surface area contributed by atoms with Crippen LogP contribution >= 0.6 is 0 Å². The largest absolute Gasteiger partial charge is 0.352 e. The van der Waals surface area contributed by atoms with E-state index in [4.69, 9.17) is 0 Å². The number of nitrogens with zero attached hydrogens (tertiary/aromatic N) is 1. The number of sulfonamides is 1. The van der Waals surface area contributed by atoms with Gasteiger partial charge in [-0.05, 0) is 42.5 Å². The van der Waals surface area contributed by atoms with Gasteiger partial charge in [0, 0.05) is 13.1 Å². The third-order valence-corrected chi connectivity index (χ3v) is 6.76. The first kappa shape index (κ1) is 18.9. The Morgan fingerprint density at radius 1 is 1.25 bits per heavy atom. The van der Waals surface area contributed by atoms with E-state index in [1.807, 2.05) is 0 Å². The monoisotopic (exact) mass is 356 g/mol. The maximum atomic E-state index is 12.9. The van der Waals surface area contributed by atoms with Crippen molar-refractivity contribution in [3.63, 3.8) is 0 Å². The van der Waals surface area contributed by atoms with E-state index < -0.39 is 15.8 Å². The highest BCUT2D eigenvalue weighted by Gasteiger charge is 2.29. The molecule has 0 bridgehead atoms. The van der Waals surface area contributed by atoms with Crippen molar-refractivity contribution in [1.29, 1.82) is 0 Å². The SMILES string of the molecule is C[C@@H]1[C@H](C)CCC[C@@H]1NC(=O)CN(C)S(=O)(=O)c1ccc(F)cc1. The number of nitrogens with one attached hydrogen (secondary N) is 1. The number of hydrogen-bond donors (Lipinski definition) is 1. The molecule has 0 aromatic heterocycles. The van der Waals surface area contributed by atoms with Crippen LogP contribution < -0.4 is 5.32 Å². The van der Waals surface area contributed by atoms with Gasteiger partial charge < -0.3 is 5.32 Å². The zero-order chi connectivity index (χ0) is 17.9. The molecule has 0 radical (unpaired) electrons. The van der Waals surface area contributed by atoms with Gasteiger partial charge in [0.2, 0.25) is 15.9 Å². The van der Waals surface area contributed by atoms with Crippen molar-refractivity contribution >= 4 is 15.9 Å². The van der Waals surface area contributed by atoms with Gasteiger partial charge in [-0.25, -0.2) is 12.8 Å². The molecule has 0 spiro atoms. The van der Waals surface area contributed by atoms with Crippen LogP contribution in [0.1, 0.15) is 33.1 Å². The summed E-state index contributed by atoms with van der Waals surface area (Å²) in [5, 5.41) is 2.96. The highest BCUT2D eigenvalue weighted by molar-refractivity contribution is 7.89. The van der Waals surface area contributed by atoms with Crippen LogP contribution in [0.3, 0.4) is 0 Å². The first-order valence-corrected chi connectivity index (χ1v) is 9.67. The average molecular weight is 356 g/mol. The zero-order valence-electron chi connectivity index (χ0n) is 14.3. The molecule has 24 heavy (non-hydrogen) atoms. The molecule has 1 N–H and O–H groups in total. The number of halogens is 1. The highest BCUT2D eigenvalue weighted by atomic mass is 32.2. The van der Waals surface area contributed by atoms with Crippen LogP contribution in [-0.4, -0.2) is 38.3 Å². The Hall–Kier alpha value is -1.47. The lowest BCUT2D eigenvalue weighted by Crippen LogP contribution is -2.47. The molecule has 1 fully saturated rings. The quantitative estimate of drug-likeness (QED) is 0.881. The molecular formula is C17H25FN2O3S. The van der Waals surface area contributed by atoms with Gasteiger partial charge in [-0.15, -0.1) is 0 Å². The number of rotatable bonds is 5. The predicted molar refractivity (Wildman–Crippen MR) is 90.3 cm³/mol. The number of hydrogen-bond acceptors (Lipinski definition) is 3. The minimum atomic E-state index is -3.81. The standard InChI is InChI=1S/C17H25FN2O3S/c1-12-5-4-6-16(13(12)2)19-17(21)11-20(3)24(22,23)15-9-7-14(18)8-10-15/h7-10,12-13,16H,4-6,11H2,1-3H3,(H,19,21)/t12-,13-,16+/m1/s1. The lowest BCUT2D eigenvalue weighted by molar-refractivity contribution is -0.122. The molecule has 1 aliphatic carbocycles. The maximum absolute atomic E-state index is 12.9. The second kappa shape index (κ2) is 7.61. The smallest absolute Gasteiger partial charge is 0.243 e. The van der Waals surface area contributed by atoms with Crippen molar-refractivity contribution in [3.05, 3.63) is 30.1 Å². The van der Waals surface area contributed by atoms with Gasteiger partial charge in [-0.2, -0.15) is 4.31 Å². The van der Waals surface area contributed by atoms with Crippen molar-refractivity contribution in [3.8, 4) is 0 Å². The van der Waals surface area contributed by atoms with Crippen LogP contribution in [-0.2, 0) is 14.8 Å². The summed E-state index contributed by atoms with van der Waals surface area (Å²) in [7, 11) is -2.46. The Kier molecular flexibility index (Phi) is 5.98. The van der Waals surface area contributed by atoms with Crippen molar-refractivity contribution < 1.29 is 17.6 Å². The Morgan fingerprint density at radius 3 is 2.50 bits per heavy atom. The molecule has 2 rings (SSSR count). The van der Waals surface area contributed by atoms with Crippen LogP contribution in [0.15, 0.2) is 29.2 Å². The van der Waals surface area contributed by atoms with Crippen molar-refractivity contribution in [1.82, 2.24) is 9.62 Å². The highest BCUT2D eigenvalue weighted by Crippen LogP contribution is 2.29. The molecule has 7 heteroatoms. The van der Waals surface area contributed by atoms with Crippen LogP contribution in [0.5, 0.6) is 0 Å². The molecule has 1 amide bonds. The minimum absolute atomic E-state index is 0.0288. The Balaban J connectivity index is 1.99. The molecule has 5 nitrogen and oxygen atoms in total. The zero-order valence-corrected chi connectivity index (χ0v) is 15.1. The van der Waals surface area contributed by atoms with Crippen molar-refractivity contribution in [2.24, 2.45) is 11.8 Å². The summed E-state index contributed by atoms with van der Waals surface area (Å²) in [6.45, 7) is 4.04. The normalized spacial score (nSPS) is 24.8. The molecule has 1 aliphatic rings. The molecule has 1 aromatic rings. The lowest BCUT2D eigenvalue weighted by atomic mass is 9.78. The second-order valence-corrected chi connectivity index (χ2v) is 8.70. The van der Waals surface area contributed by atoms with Crippen molar-refractivity contribution in [2.45, 2.75) is 44.0 Å². The van der Waals surface area contributed by atoms with Crippen LogP contribution in [0, 0.1) is 17.7 Å². The van der Waals surface area contributed by atoms with E-state index in [-0.39, 0.29) is 23.4 Å². The second-order valence-electron chi connectivity index (χ2n) is 6.66. The fraction of sp³-hybridized carbons (Fsp3) is 0.588. The molecule has 0 unspecified atom stereocenters. The molecule has 0 heterocycles. The van der Waals surface area contributed by atoms with E-state index in [1.165, 1.54) is 19.2 Å². The fourth-order valence-corrected chi connectivity index (χ4v) is 4.24. The van der Waals surface area contributed by atoms with Gasteiger partial charge >= 0.3 is 0 Å². The third-order valence-electron chi connectivity index (χ3n) is 4.94. The number of benzene rings is 1. The molecular weight excluding hydrogens is 331 g/mol.